The fourth-order valence-corrected chi connectivity index (χ4v) is 2.34. The molecule has 28 heavy (non-hydrogen) atoms. The molecule has 4 heteroatoms. The Hall–Kier alpha value is -2.20. The normalized spacial score (nSPS) is 16.1. The number of rotatable bonds is 8. The van der Waals surface area contributed by atoms with Gasteiger partial charge in [-0.1, -0.05) is 57.2 Å². The highest BCUT2D eigenvalue weighted by Gasteiger charge is 2.13. The van der Waals surface area contributed by atoms with E-state index in [1.807, 2.05) is 26.1 Å². The first-order valence-corrected chi connectivity index (χ1v) is 9.92. The molecule has 0 saturated heterocycles. The Morgan fingerprint density at radius 3 is 2.36 bits per heavy atom. The van der Waals surface area contributed by atoms with Crippen molar-refractivity contribution in [3.05, 3.63) is 71.4 Å². The molecular formula is C24H37FN2O. The average molecular weight is 389 g/mol. The summed E-state index contributed by atoms with van der Waals surface area (Å²) >= 11 is 0. The molecule has 1 aliphatic rings. The second-order valence-corrected chi connectivity index (χ2v) is 7.01. The summed E-state index contributed by atoms with van der Waals surface area (Å²) in [4.78, 5) is 11.7. The number of allylic oxidation sites excluding steroid dienone is 9. The van der Waals surface area contributed by atoms with Gasteiger partial charge in [0.1, 0.15) is 5.83 Å². The van der Waals surface area contributed by atoms with Crippen LogP contribution in [0.2, 0.25) is 0 Å². The molecule has 156 valence electrons. The van der Waals surface area contributed by atoms with Gasteiger partial charge in [0.15, 0.2) is 5.78 Å². The summed E-state index contributed by atoms with van der Waals surface area (Å²) in [5.41, 5.74) is 2.54. The van der Waals surface area contributed by atoms with E-state index in [0.29, 0.717) is 23.0 Å². The fourth-order valence-electron chi connectivity index (χ4n) is 2.34. The quantitative estimate of drug-likeness (QED) is 0.401. The van der Waals surface area contributed by atoms with Gasteiger partial charge in [-0.05, 0) is 52.3 Å². The van der Waals surface area contributed by atoms with Crippen molar-refractivity contribution >= 4 is 5.78 Å². The van der Waals surface area contributed by atoms with Gasteiger partial charge in [-0.15, -0.1) is 0 Å². The smallest absolute Gasteiger partial charge is 0.161 e. The van der Waals surface area contributed by atoms with Crippen LogP contribution >= 0.6 is 0 Å². The van der Waals surface area contributed by atoms with Gasteiger partial charge >= 0.3 is 0 Å². The molecule has 0 aromatic heterocycles. The van der Waals surface area contributed by atoms with E-state index in [9.17, 15) is 9.18 Å². The molecule has 1 aliphatic carbocycles. The van der Waals surface area contributed by atoms with E-state index in [2.05, 4.69) is 38.0 Å². The van der Waals surface area contributed by atoms with Gasteiger partial charge in [0.05, 0.1) is 5.70 Å². The Kier molecular flexibility index (Phi) is 12.8. The van der Waals surface area contributed by atoms with Gasteiger partial charge < -0.3 is 10.6 Å². The zero-order chi connectivity index (χ0) is 21.7. The first-order valence-electron chi connectivity index (χ1n) is 9.92. The van der Waals surface area contributed by atoms with E-state index in [4.69, 9.17) is 0 Å². The van der Waals surface area contributed by atoms with Gasteiger partial charge in [-0.25, -0.2) is 4.39 Å². The Labute approximate surface area is 170 Å². The first-order chi connectivity index (χ1) is 13.2. The number of carbonyl (C=O) groups is 1. The second kappa shape index (κ2) is 13.9. The lowest BCUT2D eigenvalue weighted by Gasteiger charge is -2.13. The van der Waals surface area contributed by atoms with Crippen LogP contribution in [0.5, 0.6) is 0 Å². The van der Waals surface area contributed by atoms with Crippen LogP contribution in [0, 0.1) is 5.92 Å². The van der Waals surface area contributed by atoms with Crippen molar-refractivity contribution in [2.24, 2.45) is 5.92 Å². The van der Waals surface area contributed by atoms with Gasteiger partial charge in [-0.3, -0.25) is 4.79 Å². The molecule has 3 nitrogen and oxygen atoms in total. The third-order valence-corrected chi connectivity index (χ3v) is 4.68. The van der Waals surface area contributed by atoms with Crippen molar-refractivity contribution < 1.29 is 9.18 Å². The maximum atomic E-state index is 14.1. The lowest BCUT2D eigenvalue weighted by atomic mass is 10.1. The molecule has 0 spiro atoms. The first kappa shape index (κ1) is 25.8. The third kappa shape index (κ3) is 9.14. The summed E-state index contributed by atoms with van der Waals surface area (Å²) in [6, 6.07) is 0.653. The summed E-state index contributed by atoms with van der Waals surface area (Å²) in [6.45, 7) is 15.5. The zero-order valence-corrected chi connectivity index (χ0v) is 18.5. The van der Waals surface area contributed by atoms with Crippen LogP contribution in [0.1, 0.15) is 54.4 Å². The Bertz CT molecular complexity index is 679. The summed E-state index contributed by atoms with van der Waals surface area (Å²) in [5.74, 6) is 0.419. The van der Waals surface area contributed by atoms with Gasteiger partial charge in [0, 0.05) is 23.7 Å². The molecular weight excluding hydrogens is 351 g/mol. The van der Waals surface area contributed by atoms with Gasteiger partial charge in [-0.2, -0.15) is 0 Å². The molecule has 0 heterocycles. The van der Waals surface area contributed by atoms with Crippen LogP contribution < -0.4 is 10.6 Å². The highest BCUT2D eigenvalue weighted by molar-refractivity contribution is 5.97. The molecule has 0 aliphatic heterocycles. The number of hydrogen-bond donors (Lipinski definition) is 2. The van der Waals surface area contributed by atoms with Crippen molar-refractivity contribution in [3.8, 4) is 0 Å². The van der Waals surface area contributed by atoms with Crippen molar-refractivity contribution in [1.82, 2.24) is 10.6 Å². The lowest BCUT2D eigenvalue weighted by molar-refractivity contribution is -0.113. The molecule has 1 rings (SSSR count). The minimum atomic E-state index is -0.240. The van der Waals surface area contributed by atoms with Crippen molar-refractivity contribution in [1.29, 1.82) is 0 Å². The Morgan fingerprint density at radius 2 is 1.96 bits per heavy atom. The van der Waals surface area contributed by atoms with Crippen molar-refractivity contribution in [3.63, 3.8) is 0 Å². The SMILES string of the molecule is C=C/C=C(C(C)=O)\C(=C/C)NC1=C(F)CC=C(CC)C=C1.CNC(C)C(C)C. The second-order valence-electron chi connectivity index (χ2n) is 7.01. The number of hydrogen-bond acceptors (Lipinski definition) is 3. The molecule has 1 atom stereocenters. The zero-order valence-electron chi connectivity index (χ0n) is 18.5. The van der Waals surface area contributed by atoms with E-state index in [-0.39, 0.29) is 18.0 Å². The molecule has 0 amide bonds. The summed E-state index contributed by atoms with van der Waals surface area (Å²) in [6.07, 6.45) is 11.5. The molecule has 2 N–H and O–H groups in total. The predicted octanol–water partition coefficient (Wildman–Crippen LogP) is 5.91. The van der Waals surface area contributed by atoms with Crippen LogP contribution in [0.25, 0.3) is 0 Å². The van der Waals surface area contributed by atoms with Crippen LogP contribution in [-0.2, 0) is 4.79 Å². The highest BCUT2D eigenvalue weighted by atomic mass is 19.1. The summed E-state index contributed by atoms with van der Waals surface area (Å²) in [5, 5.41) is 6.18. The maximum absolute atomic E-state index is 14.1. The van der Waals surface area contributed by atoms with E-state index < -0.39 is 0 Å². The number of carbonyl (C=O) groups excluding carboxylic acids is 1. The standard InChI is InChI=1S/C18H22FNO.C6H15N/c1-5-8-15(13(4)21)17(7-3)20-18-12-10-14(6-2)9-11-16(18)19;1-5(2)6(3)7-4/h5,7-10,12,20H,1,6,11H2,2-4H3;5-7H,1-4H3/b15-8-,17-7+;. The topological polar surface area (TPSA) is 41.1 Å². The summed E-state index contributed by atoms with van der Waals surface area (Å²) < 4.78 is 14.1. The van der Waals surface area contributed by atoms with Gasteiger partial charge in [0.2, 0.25) is 0 Å². The van der Waals surface area contributed by atoms with Crippen molar-refractivity contribution in [2.75, 3.05) is 7.05 Å². The van der Waals surface area contributed by atoms with E-state index in [1.54, 1.807) is 31.2 Å². The Morgan fingerprint density at radius 1 is 1.32 bits per heavy atom. The molecule has 0 bridgehead atoms. The average Bonchev–Trinajstić information content (AvgIpc) is 2.85. The van der Waals surface area contributed by atoms with Gasteiger partial charge in [0.25, 0.3) is 0 Å². The Balaban J connectivity index is 0.000000887. The third-order valence-electron chi connectivity index (χ3n) is 4.68. The van der Waals surface area contributed by atoms with Crippen LogP contribution in [0.15, 0.2) is 71.4 Å². The van der Waals surface area contributed by atoms with Crippen LogP contribution in [0.3, 0.4) is 0 Å². The fraction of sp³-hybridized carbons (Fsp3) is 0.458. The molecule has 0 radical (unpaired) electrons. The molecule has 0 aromatic rings. The molecule has 1 unspecified atom stereocenters. The minimum absolute atomic E-state index is 0.0959. The minimum Gasteiger partial charge on any atom is -0.353 e. The van der Waals surface area contributed by atoms with Crippen LogP contribution in [-0.4, -0.2) is 18.9 Å². The molecule has 0 aromatic carbocycles. The van der Waals surface area contributed by atoms with E-state index >= 15 is 0 Å². The number of ketones is 1. The lowest BCUT2D eigenvalue weighted by Crippen LogP contribution is -2.26. The summed E-state index contributed by atoms with van der Waals surface area (Å²) in [7, 11) is 1.99. The molecule has 0 saturated carbocycles. The largest absolute Gasteiger partial charge is 0.353 e. The van der Waals surface area contributed by atoms with E-state index in [1.165, 1.54) is 6.92 Å². The number of nitrogens with one attached hydrogen (secondary N) is 2. The number of Topliss-reactive ketones (excluding diaryl/α,β-unsaturated/α-hetero) is 1. The number of halogens is 1. The predicted molar refractivity (Wildman–Crippen MR) is 119 cm³/mol. The monoisotopic (exact) mass is 388 g/mol. The maximum Gasteiger partial charge on any atom is 0.161 e. The van der Waals surface area contributed by atoms with Crippen molar-refractivity contribution in [2.45, 2.75) is 60.4 Å². The highest BCUT2D eigenvalue weighted by Crippen LogP contribution is 2.21. The van der Waals surface area contributed by atoms with E-state index in [0.717, 1.165) is 17.9 Å². The van der Waals surface area contributed by atoms with Crippen LogP contribution in [0.4, 0.5) is 4.39 Å². The molecule has 0 fully saturated rings.